The molecule has 0 aliphatic heterocycles. The van der Waals surface area contributed by atoms with Crippen LogP contribution in [0.25, 0.3) is 10.8 Å². The first-order valence-electron chi connectivity index (χ1n) is 8.22. The Kier molecular flexibility index (Phi) is 3.80. The number of benzene rings is 4. The molecule has 0 atom stereocenters. The molecule has 0 N–H and O–H groups in total. The molecule has 0 aromatic heterocycles. The third-order valence-corrected chi connectivity index (χ3v) is 4.31. The second kappa shape index (κ2) is 6.25. The second-order valence-corrected chi connectivity index (χ2v) is 6.00. The summed E-state index contributed by atoms with van der Waals surface area (Å²) in [5.41, 5.74) is 4.80. The van der Waals surface area contributed by atoms with Gasteiger partial charge in [0.25, 0.3) is 0 Å². The first-order chi connectivity index (χ1) is 11.8. The number of nitrogens with zero attached hydrogens (tertiary/aromatic N) is 1. The van der Waals surface area contributed by atoms with Crippen molar-refractivity contribution in [2.24, 2.45) is 0 Å². The zero-order valence-corrected chi connectivity index (χ0v) is 13.7. The molecular weight excluding hydrogens is 289 g/mol. The number of hydrogen-bond donors (Lipinski definition) is 0. The van der Waals surface area contributed by atoms with Crippen LogP contribution in [0.15, 0.2) is 97.1 Å². The summed E-state index contributed by atoms with van der Waals surface area (Å²) in [6.45, 7) is 0. The molecule has 114 valence electrons. The first-order valence-corrected chi connectivity index (χ1v) is 8.22. The number of anilines is 3. The molecule has 0 amide bonds. The van der Waals surface area contributed by atoms with Crippen LogP contribution in [0.3, 0.4) is 0 Å². The largest absolute Gasteiger partial charge is 0.310 e. The van der Waals surface area contributed by atoms with Crippen molar-refractivity contribution in [3.63, 3.8) is 0 Å². The van der Waals surface area contributed by atoms with Gasteiger partial charge in [-0.25, -0.2) is 0 Å². The summed E-state index contributed by atoms with van der Waals surface area (Å²) in [4.78, 5) is 2.32. The first kappa shape index (κ1) is 14.6. The Hall–Kier alpha value is -3.00. The van der Waals surface area contributed by atoms with Crippen LogP contribution in [0.4, 0.5) is 17.1 Å². The van der Waals surface area contributed by atoms with E-state index >= 15 is 0 Å². The van der Waals surface area contributed by atoms with Crippen molar-refractivity contribution in [3.05, 3.63) is 97.1 Å². The van der Waals surface area contributed by atoms with Gasteiger partial charge in [-0.05, 0) is 35.7 Å². The molecule has 0 spiro atoms. The van der Waals surface area contributed by atoms with Crippen LogP contribution in [0.1, 0.15) is 0 Å². The van der Waals surface area contributed by atoms with Crippen LogP contribution in [0.2, 0.25) is 0 Å². The maximum absolute atomic E-state index is 2.32. The van der Waals surface area contributed by atoms with E-state index in [0.717, 1.165) is 5.69 Å². The van der Waals surface area contributed by atoms with E-state index in [9.17, 15) is 0 Å². The number of fused-ring (bicyclic) bond motifs is 1. The molecular formula is C22H18BN. The maximum atomic E-state index is 2.32. The van der Waals surface area contributed by atoms with Crippen LogP contribution < -0.4 is 10.4 Å². The van der Waals surface area contributed by atoms with Gasteiger partial charge in [-0.3, -0.25) is 0 Å². The molecule has 0 saturated heterocycles. The molecule has 0 aliphatic rings. The van der Waals surface area contributed by atoms with Gasteiger partial charge in [-0.1, -0.05) is 72.2 Å². The second-order valence-electron chi connectivity index (χ2n) is 6.00. The fourth-order valence-electron chi connectivity index (χ4n) is 3.10. The van der Waals surface area contributed by atoms with Crippen LogP contribution in [0.5, 0.6) is 0 Å². The van der Waals surface area contributed by atoms with E-state index in [-0.39, 0.29) is 0 Å². The van der Waals surface area contributed by atoms with Crippen molar-refractivity contribution in [2.45, 2.75) is 0 Å². The molecule has 0 saturated carbocycles. The smallest absolute Gasteiger partial charge is 0.139 e. The van der Waals surface area contributed by atoms with Crippen molar-refractivity contribution in [2.75, 3.05) is 4.90 Å². The predicted molar refractivity (Wildman–Crippen MR) is 107 cm³/mol. The standard InChI is InChI=1S/C22H18BN/c23-18-13-15-20(16-14-18)24(19-9-2-1-3-10-19)22-12-6-8-17-7-4-5-11-21(17)22/h1-16H,23H2. The highest BCUT2D eigenvalue weighted by Crippen LogP contribution is 2.38. The molecule has 4 aromatic carbocycles. The Morgan fingerprint density at radius 1 is 0.542 bits per heavy atom. The minimum absolute atomic E-state index is 1.16. The normalized spacial score (nSPS) is 10.7. The van der Waals surface area contributed by atoms with Gasteiger partial charge in [-0.15, -0.1) is 0 Å². The van der Waals surface area contributed by atoms with Gasteiger partial charge in [0.05, 0.1) is 5.69 Å². The molecule has 0 heterocycles. The summed E-state index contributed by atoms with van der Waals surface area (Å²) in [5.74, 6) is 0. The summed E-state index contributed by atoms with van der Waals surface area (Å²) in [5, 5.41) is 2.51. The van der Waals surface area contributed by atoms with Crippen molar-refractivity contribution < 1.29 is 0 Å². The summed E-state index contributed by atoms with van der Waals surface area (Å²) >= 11 is 0. The molecule has 0 aliphatic carbocycles. The molecule has 0 unspecified atom stereocenters. The number of rotatable bonds is 3. The zero-order valence-electron chi connectivity index (χ0n) is 13.7. The van der Waals surface area contributed by atoms with Gasteiger partial charge in [-0.2, -0.15) is 0 Å². The van der Waals surface area contributed by atoms with Gasteiger partial charge in [0.15, 0.2) is 0 Å². The van der Waals surface area contributed by atoms with E-state index < -0.39 is 0 Å². The van der Waals surface area contributed by atoms with E-state index in [4.69, 9.17) is 0 Å². The lowest BCUT2D eigenvalue weighted by atomic mass is 9.96. The lowest BCUT2D eigenvalue weighted by molar-refractivity contribution is 1.30. The van der Waals surface area contributed by atoms with Gasteiger partial charge >= 0.3 is 0 Å². The van der Waals surface area contributed by atoms with E-state index in [2.05, 4.69) is 110 Å². The fourth-order valence-corrected chi connectivity index (χ4v) is 3.10. The molecule has 4 aromatic rings. The number of para-hydroxylation sites is 1. The Labute approximate surface area is 143 Å². The van der Waals surface area contributed by atoms with E-state index in [1.54, 1.807) is 0 Å². The zero-order chi connectivity index (χ0) is 16.4. The summed E-state index contributed by atoms with van der Waals surface area (Å²) in [6, 6.07) is 34.3. The molecule has 4 rings (SSSR count). The van der Waals surface area contributed by atoms with Crippen molar-refractivity contribution in [1.82, 2.24) is 0 Å². The highest BCUT2D eigenvalue weighted by Gasteiger charge is 2.14. The third kappa shape index (κ3) is 2.67. The molecule has 0 fully saturated rings. The minimum atomic E-state index is 1.16. The minimum Gasteiger partial charge on any atom is -0.310 e. The highest BCUT2D eigenvalue weighted by molar-refractivity contribution is 6.32. The summed E-state index contributed by atoms with van der Waals surface area (Å²) < 4.78 is 0. The Bertz CT molecular complexity index is 957. The number of hydrogen-bond acceptors (Lipinski definition) is 1. The molecule has 2 heteroatoms. The Morgan fingerprint density at radius 3 is 1.96 bits per heavy atom. The fraction of sp³-hybridized carbons (Fsp3) is 0. The average Bonchev–Trinajstić information content (AvgIpc) is 2.65. The third-order valence-electron chi connectivity index (χ3n) is 4.31. The molecule has 0 bridgehead atoms. The highest BCUT2D eigenvalue weighted by atomic mass is 15.1. The van der Waals surface area contributed by atoms with E-state index in [1.165, 1.54) is 27.6 Å². The van der Waals surface area contributed by atoms with Gasteiger partial charge in [0, 0.05) is 16.8 Å². The van der Waals surface area contributed by atoms with Gasteiger partial charge < -0.3 is 4.90 Å². The summed E-state index contributed by atoms with van der Waals surface area (Å²) in [7, 11) is 2.12. The van der Waals surface area contributed by atoms with Crippen molar-refractivity contribution in [1.29, 1.82) is 0 Å². The van der Waals surface area contributed by atoms with Crippen LogP contribution in [-0.2, 0) is 0 Å². The predicted octanol–water partition coefficient (Wildman–Crippen LogP) is 4.57. The quantitative estimate of drug-likeness (QED) is 0.501. The molecule has 0 radical (unpaired) electrons. The van der Waals surface area contributed by atoms with Crippen LogP contribution in [-0.4, -0.2) is 7.85 Å². The van der Waals surface area contributed by atoms with E-state index in [1.807, 2.05) is 0 Å². The average molecular weight is 307 g/mol. The Balaban J connectivity index is 1.97. The van der Waals surface area contributed by atoms with Crippen LogP contribution >= 0.6 is 0 Å². The van der Waals surface area contributed by atoms with Gasteiger partial charge in [0.2, 0.25) is 0 Å². The maximum Gasteiger partial charge on any atom is 0.139 e. The summed E-state index contributed by atoms with van der Waals surface area (Å²) in [6.07, 6.45) is 0. The topological polar surface area (TPSA) is 3.24 Å². The molecule has 24 heavy (non-hydrogen) atoms. The van der Waals surface area contributed by atoms with E-state index in [0.29, 0.717) is 0 Å². The van der Waals surface area contributed by atoms with Crippen molar-refractivity contribution >= 4 is 41.1 Å². The molecule has 1 nitrogen and oxygen atoms in total. The lowest BCUT2D eigenvalue weighted by Gasteiger charge is -2.27. The monoisotopic (exact) mass is 307 g/mol. The van der Waals surface area contributed by atoms with Crippen molar-refractivity contribution in [3.8, 4) is 0 Å². The SMILES string of the molecule is Bc1ccc(N(c2ccccc2)c2cccc3ccccc23)cc1. The lowest BCUT2D eigenvalue weighted by Crippen LogP contribution is -2.11. The Morgan fingerprint density at radius 2 is 1.17 bits per heavy atom. The van der Waals surface area contributed by atoms with Crippen LogP contribution in [0, 0.1) is 0 Å². The van der Waals surface area contributed by atoms with Gasteiger partial charge in [0.1, 0.15) is 7.85 Å².